The molecular weight excluding hydrogens is 440 g/mol. The highest BCUT2D eigenvalue weighted by Crippen LogP contribution is 2.33. The summed E-state index contributed by atoms with van der Waals surface area (Å²) in [6, 6.07) is 39.0. The van der Waals surface area contributed by atoms with Gasteiger partial charge in [-0.2, -0.15) is 0 Å². The van der Waals surface area contributed by atoms with Crippen LogP contribution in [-0.4, -0.2) is 19.9 Å². The number of hydrogen-bond acceptors (Lipinski definition) is 4. The molecule has 0 amide bonds. The maximum absolute atomic E-state index is 4.98. The molecule has 0 aliphatic carbocycles. The zero-order valence-electron chi connectivity index (χ0n) is 19.3. The maximum Gasteiger partial charge on any atom is 0.161 e. The van der Waals surface area contributed by atoms with Crippen molar-refractivity contribution in [1.29, 1.82) is 0 Å². The molecule has 7 aromatic rings. The van der Waals surface area contributed by atoms with E-state index in [4.69, 9.17) is 19.9 Å². The molecule has 0 saturated carbocycles. The second-order valence-electron chi connectivity index (χ2n) is 8.73. The van der Waals surface area contributed by atoms with Crippen molar-refractivity contribution in [3.8, 4) is 34.0 Å². The highest BCUT2D eigenvalue weighted by molar-refractivity contribution is 6.10. The van der Waals surface area contributed by atoms with Crippen molar-refractivity contribution in [1.82, 2.24) is 19.9 Å². The summed E-state index contributed by atoms with van der Waals surface area (Å²) in [4.78, 5) is 19.6. The molecular formula is C32H20N4. The zero-order valence-corrected chi connectivity index (χ0v) is 19.3. The SMILES string of the molecule is c1ccc(-c2nc(-c3ccc(-c4nc5ccccc5c5ccccc45)nc3)nc3ccccc23)cc1. The van der Waals surface area contributed by atoms with Crippen molar-refractivity contribution < 1.29 is 0 Å². The summed E-state index contributed by atoms with van der Waals surface area (Å²) in [5.41, 5.74) is 6.42. The number of fused-ring (bicyclic) bond motifs is 4. The minimum absolute atomic E-state index is 0.655. The van der Waals surface area contributed by atoms with Gasteiger partial charge in [-0.05, 0) is 29.7 Å². The standard InChI is InChI=1S/C32H20N4/c1-2-10-21(11-3-1)30-26-15-7-9-17-28(26)35-32(36-30)22-18-19-29(33-20-22)31-25-14-5-4-12-23(25)24-13-6-8-16-27(24)34-31/h1-20H. The van der Waals surface area contributed by atoms with Gasteiger partial charge in [0.25, 0.3) is 0 Å². The van der Waals surface area contributed by atoms with Gasteiger partial charge >= 0.3 is 0 Å². The van der Waals surface area contributed by atoms with Crippen LogP contribution in [0.15, 0.2) is 121 Å². The van der Waals surface area contributed by atoms with Crippen LogP contribution in [0.4, 0.5) is 0 Å². The fourth-order valence-electron chi connectivity index (χ4n) is 4.79. The van der Waals surface area contributed by atoms with Gasteiger partial charge < -0.3 is 0 Å². The number of hydrogen-bond donors (Lipinski definition) is 0. The van der Waals surface area contributed by atoms with Crippen molar-refractivity contribution in [2.75, 3.05) is 0 Å². The molecule has 0 atom stereocenters. The molecule has 0 aliphatic heterocycles. The molecule has 0 aliphatic rings. The molecule has 0 saturated heterocycles. The number of pyridine rings is 2. The van der Waals surface area contributed by atoms with Gasteiger partial charge in [-0.1, -0.05) is 91.0 Å². The second kappa shape index (κ2) is 8.36. The first kappa shape index (κ1) is 20.4. The van der Waals surface area contributed by atoms with E-state index in [0.29, 0.717) is 5.82 Å². The van der Waals surface area contributed by atoms with Gasteiger partial charge in [-0.3, -0.25) is 4.98 Å². The van der Waals surface area contributed by atoms with Gasteiger partial charge in [-0.25, -0.2) is 15.0 Å². The lowest BCUT2D eigenvalue weighted by molar-refractivity contribution is 1.20. The van der Waals surface area contributed by atoms with E-state index in [1.54, 1.807) is 0 Å². The molecule has 0 radical (unpaired) electrons. The maximum atomic E-state index is 4.98. The molecule has 4 aromatic carbocycles. The number of aromatic nitrogens is 4. The Morgan fingerprint density at radius 3 is 1.78 bits per heavy atom. The summed E-state index contributed by atoms with van der Waals surface area (Å²) in [5.74, 6) is 0.655. The summed E-state index contributed by atoms with van der Waals surface area (Å²) in [5, 5.41) is 4.44. The first-order valence-electron chi connectivity index (χ1n) is 11.9. The van der Waals surface area contributed by atoms with Crippen LogP contribution >= 0.6 is 0 Å². The molecule has 0 spiro atoms. The molecule has 36 heavy (non-hydrogen) atoms. The van der Waals surface area contributed by atoms with E-state index in [2.05, 4.69) is 48.5 Å². The normalized spacial score (nSPS) is 11.3. The summed E-state index contributed by atoms with van der Waals surface area (Å²) < 4.78 is 0. The van der Waals surface area contributed by atoms with E-state index in [1.807, 2.05) is 72.9 Å². The van der Waals surface area contributed by atoms with Crippen molar-refractivity contribution in [2.24, 2.45) is 0 Å². The van der Waals surface area contributed by atoms with Crippen molar-refractivity contribution in [3.05, 3.63) is 121 Å². The average molecular weight is 461 g/mol. The molecule has 168 valence electrons. The number of rotatable bonds is 3. The Bertz CT molecular complexity index is 1880. The molecule has 0 fully saturated rings. The zero-order chi connectivity index (χ0) is 23.9. The van der Waals surface area contributed by atoms with E-state index in [-0.39, 0.29) is 0 Å². The molecule has 7 rings (SSSR count). The smallest absolute Gasteiger partial charge is 0.161 e. The summed E-state index contributed by atoms with van der Waals surface area (Å²) in [6.45, 7) is 0. The molecule has 0 bridgehead atoms. The number of nitrogens with zero attached hydrogens (tertiary/aromatic N) is 4. The topological polar surface area (TPSA) is 51.6 Å². The van der Waals surface area contributed by atoms with Gasteiger partial charge in [0.05, 0.1) is 28.1 Å². The first-order valence-corrected chi connectivity index (χ1v) is 11.9. The van der Waals surface area contributed by atoms with Crippen LogP contribution in [0, 0.1) is 0 Å². The van der Waals surface area contributed by atoms with Gasteiger partial charge in [0.15, 0.2) is 5.82 Å². The lowest BCUT2D eigenvalue weighted by Crippen LogP contribution is -1.96. The third-order valence-electron chi connectivity index (χ3n) is 6.52. The molecule has 3 heterocycles. The van der Waals surface area contributed by atoms with E-state index in [9.17, 15) is 0 Å². The van der Waals surface area contributed by atoms with Crippen LogP contribution in [0.1, 0.15) is 0 Å². The van der Waals surface area contributed by atoms with Crippen LogP contribution in [-0.2, 0) is 0 Å². The molecule has 4 nitrogen and oxygen atoms in total. The Morgan fingerprint density at radius 1 is 0.389 bits per heavy atom. The van der Waals surface area contributed by atoms with Gasteiger partial charge in [0.1, 0.15) is 0 Å². The predicted octanol–water partition coefficient (Wildman–Crippen LogP) is 7.73. The Morgan fingerprint density at radius 2 is 1.03 bits per heavy atom. The Balaban J connectivity index is 1.37. The lowest BCUT2D eigenvalue weighted by atomic mass is 10.0. The first-order chi connectivity index (χ1) is 17.8. The van der Waals surface area contributed by atoms with Crippen LogP contribution in [0.2, 0.25) is 0 Å². The highest BCUT2D eigenvalue weighted by atomic mass is 14.9. The fraction of sp³-hybridized carbons (Fsp3) is 0. The minimum atomic E-state index is 0.655. The quantitative estimate of drug-likeness (QED) is 0.253. The van der Waals surface area contributed by atoms with Crippen LogP contribution in [0.5, 0.6) is 0 Å². The molecule has 3 aromatic heterocycles. The predicted molar refractivity (Wildman–Crippen MR) is 146 cm³/mol. The summed E-state index contributed by atoms with van der Waals surface area (Å²) >= 11 is 0. The van der Waals surface area contributed by atoms with Crippen LogP contribution < -0.4 is 0 Å². The number of para-hydroxylation sites is 2. The monoisotopic (exact) mass is 460 g/mol. The van der Waals surface area contributed by atoms with E-state index in [1.165, 1.54) is 5.39 Å². The molecule has 0 N–H and O–H groups in total. The summed E-state index contributed by atoms with van der Waals surface area (Å²) in [7, 11) is 0. The van der Waals surface area contributed by atoms with Crippen molar-refractivity contribution >= 4 is 32.6 Å². The van der Waals surface area contributed by atoms with E-state index < -0.39 is 0 Å². The van der Waals surface area contributed by atoms with Gasteiger partial charge in [-0.15, -0.1) is 0 Å². The number of benzene rings is 4. The van der Waals surface area contributed by atoms with Crippen LogP contribution in [0.25, 0.3) is 66.6 Å². The lowest BCUT2D eigenvalue weighted by Gasteiger charge is -2.11. The second-order valence-corrected chi connectivity index (χ2v) is 8.73. The Labute approximate surface area is 208 Å². The van der Waals surface area contributed by atoms with E-state index >= 15 is 0 Å². The van der Waals surface area contributed by atoms with Gasteiger partial charge in [0, 0.05) is 33.5 Å². The van der Waals surface area contributed by atoms with Crippen molar-refractivity contribution in [3.63, 3.8) is 0 Å². The minimum Gasteiger partial charge on any atom is -0.254 e. The van der Waals surface area contributed by atoms with Crippen molar-refractivity contribution in [2.45, 2.75) is 0 Å². The highest BCUT2D eigenvalue weighted by Gasteiger charge is 2.14. The molecule has 4 heteroatoms. The summed E-state index contributed by atoms with van der Waals surface area (Å²) in [6.07, 6.45) is 1.85. The Kier molecular flexibility index (Phi) is 4.74. The largest absolute Gasteiger partial charge is 0.254 e. The average Bonchev–Trinajstić information content (AvgIpc) is 2.97. The van der Waals surface area contributed by atoms with Gasteiger partial charge in [0.2, 0.25) is 0 Å². The van der Waals surface area contributed by atoms with E-state index in [0.717, 1.165) is 55.4 Å². The molecule has 0 unspecified atom stereocenters. The Hall–Kier alpha value is -4.96. The fourth-order valence-corrected chi connectivity index (χ4v) is 4.79. The third kappa shape index (κ3) is 3.39. The van der Waals surface area contributed by atoms with Crippen LogP contribution in [0.3, 0.4) is 0 Å². The third-order valence-corrected chi connectivity index (χ3v) is 6.52.